The second-order valence-electron chi connectivity index (χ2n) is 5.28. The fourth-order valence-electron chi connectivity index (χ4n) is 2.17. The van der Waals surface area contributed by atoms with E-state index in [0.717, 1.165) is 11.1 Å². The molecule has 0 bridgehead atoms. The minimum atomic E-state index is -1.35. The van der Waals surface area contributed by atoms with Crippen LogP contribution in [0.15, 0.2) is 18.2 Å². The molecule has 19 heavy (non-hydrogen) atoms. The Labute approximate surface area is 114 Å². The molecule has 1 atom stereocenters. The zero-order chi connectivity index (χ0) is 14.8. The maximum Gasteiger partial charge on any atom is 0.334 e. The monoisotopic (exact) mass is 263 g/mol. The number of nitrogens with zero attached hydrogens (tertiary/aromatic N) is 1. The van der Waals surface area contributed by atoms with Crippen LogP contribution >= 0.6 is 0 Å². The molecule has 1 aromatic carbocycles. The first-order valence-electron chi connectivity index (χ1n) is 6.30. The average Bonchev–Trinajstić information content (AvgIpc) is 2.32. The van der Waals surface area contributed by atoms with Crippen LogP contribution in [0.2, 0.25) is 0 Å². The van der Waals surface area contributed by atoms with Gasteiger partial charge < -0.3 is 10.0 Å². The summed E-state index contributed by atoms with van der Waals surface area (Å²) in [4.78, 5) is 24.3. The van der Waals surface area contributed by atoms with E-state index in [1.807, 2.05) is 26.0 Å². The van der Waals surface area contributed by atoms with Gasteiger partial charge in [0.25, 0.3) is 0 Å². The van der Waals surface area contributed by atoms with Gasteiger partial charge in [0, 0.05) is 6.04 Å². The van der Waals surface area contributed by atoms with Gasteiger partial charge in [-0.05, 0) is 51.3 Å². The summed E-state index contributed by atoms with van der Waals surface area (Å²) in [6.45, 7) is 9.07. The molecule has 0 heterocycles. The minimum absolute atomic E-state index is 0.194. The lowest BCUT2D eigenvalue weighted by Gasteiger charge is -2.38. The first kappa shape index (κ1) is 15.2. The molecule has 1 unspecified atom stereocenters. The maximum absolute atomic E-state index is 11.7. The number of rotatable bonds is 5. The summed E-state index contributed by atoms with van der Waals surface area (Å²) < 4.78 is 0. The molecule has 104 valence electrons. The molecule has 0 saturated heterocycles. The summed E-state index contributed by atoms with van der Waals surface area (Å²) in [6.07, 6.45) is 0.605. The van der Waals surface area contributed by atoms with Crippen molar-refractivity contribution in [1.29, 1.82) is 0 Å². The Morgan fingerprint density at radius 1 is 1.32 bits per heavy atom. The van der Waals surface area contributed by atoms with Crippen molar-refractivity contribution < 1.29 is 14.7 Å². The van der Waals surface area contributed by atoms with Gasteiger partial charge in [-0.15, -0.1) is 0 Å². The van der Waals surface area contributed by atoms with Crippen molar-refractivity contribution in [3.05, 3.63) is 34.9 Å². The minimum Gasteiger partial charge on any atom is -0.479 e. The first-order valence-corrected chi connectivity index (χ1v) is 6.30. The number of benzene rings is 1. The number of carboxylic acid groups (broad SMARTS) is 1. The van der Waals surface area contributed by atoms with Gasteiger partial charge in [-0.3, -0.25) is 4.79 Å². The zero-order valence-electron chi connectivity index (χ0n) is 12.1. The number of carbonyl (C=O) groups is 2. The highest BCUT2D eigenvalue weighted by atomic mass is 16.4. The highest BCUT2D eigenvalue weighted by Gasteiger charge is 2.42. The highest BCUT2D eigenvalue weighted by Crippen LogP contribution is 2.30. The van der Waals surface area contributed by atoms with Crippen LogP contribution in [-0.2, 0) is 15.1 Å². The van der Waals surface area contributed by atoms with E-state index in [0.29, 0.717) is 12.0 Å². The van der Waals surface area contributed by atoms with E-state index >= 15 is 0 Å². The zero-order valence-corrected chi connectivity index (χ0v) is 12.1. The van der Waals surface area contributed by atoms with Gasteiger partial charge in [0.2, 0.25) is 6.41 Å². The van der Waals surface area contributed by atoms with Gasteiger partial charge in [-0.1, -0.05) is 18.2 Å². The van der Waals surface area contributed by atoms with Crippen molar-refractivity contribution in [2.24, 2.45) is 0 Å². The van der Waals surface area contributed by atoms with Crippen molar-refractivity contribution >= 4 is 12.4 Å². The number of hydrogen-bond acceptors (Lipinski definition) is 2. The van der Waals surface area contributed by atoms with Crippen LogP contribution in [-0.4, -0.2) is 28.4 Å². The third-order valence-corrected chi connectivity index (χ3v) is 3.67. The van der Waals surface area contributed by atoms with Gasteiger partial charge in [0.1, 0.15) is 0 Å². The molecule has 1 aromatic rings. The van der Waals surface area contributed by atoms with E-state index in [1.54, 1.807) is 26.8 Å². The fourth-order valence-corrected chi connectivity index (χ4v) is 2.17. The van der Waals surface area contributed by atoms with E-state index in [4.69, 9.17) is 0 Å². The number of amides is 1. The predicted octanol–water partition coefficient (Wildman–Crippen LogP) is 2.47. The molecule has 0 aliphatic rings. The predicted molar refractivity (Wildman–Crippen MR) is 73.9 cm³/mol. The molecule has 1 N–H and O–H groups in total. The molecule has 1 amide bonds. The molecule has 0 aromatic heterocycles. The van der Waals surface area contributed by atoms with Gasteiger partial charge in [-0.2, -0.15) is 0 Å². The molecule has 1 rings (SSSR count). The van der Waals surface area contributed by atoms with Crippen molar-refractivity contribution in [2.75, 3.05) is 0 Å². The molecule has 0 radical (unpaired) electrons. The van der Waals surface area contributed by atoms with Gasteiger partial charge in [0.15, 0.2) is 5.54 Å². The number of hydrogen-bond donors (Lipinski definition) is 1. The Kier molecular flexibility index (Phi) is 4.35. The van der Waals surface area contributed by atoms with Gasteiger partial charge >= 0.3 is 5.97 Å². The van der Waals surface area contributed by atoms with Crippen LogP contribution < -0.4 is 0 Å². The summed E-state index contributed by atoms with van der Waals surface area (Å²) >= 11 is 0. The molecule has 0 fully saturated rings. The van der Waals surface area contributed by atoms with Crippen LogP contribution in [0.5, 0.6) is 0 Å². The number of carboxylic acids is 1. The molecule has 0 saturated carbocycles. The van der Waals surface area contributed by atoms with Crippen molar-refractivity contribution in [3.8, 4) is 0 Å². The van der Waals surface area contributed by atoms with Gasteiger partial charge in [-0.25, -0.2) is 4.79 Å². The quantitative estimate of drug-likeness (QED) is 0.830. The van der Waals surface area contributed by atoms with E-state index in [9.17, 15) is 14.7 Å². The molecule has 0 aliphatic heterocycles. The maximum atomic E-state index is 11.7. The molecule has 4 heteroatoms. The third-order valence-electron chi connectivity index (χ3n) is 3.67. The molecule has 0 spiro atoms. The van der Waals surface area contributed by atoms with E-state index in [2.05, 4.69) is 0 Å². The largest absolute Gasteiger partial charge is 0.479 e. The Bertz CT molecular complexity index is 496. The van der Waals surface area contributed by atoms with E-state index in [-0.39, 0.29) is 6.04 Å². The SMILES string of the molecule is Cc1ccc(C(C)(C(=O)O)N(C=O)C(C)C)cc1C. The Hall–Kier alpha value is -1.84. The average molecular weight is 263 g/mol. The fraction of sp³-hybridized carbons (Fsp3) is 0.467. The Morgan fingerprint density at radius 3 is 2.26 bits per heavy atom. The summed E-state index contributed by atoms with van der Waals surface area (Å²) in [7, 11) is 0. The van der Waals surface area contributed by atoms with Crippen molar-refractivity contribution in [2.45, 2.75) is 46.2 Å². The third kappa shape index (κ3) is 2.62. The Balaban J connectivity index is 3.44. The topological polar surface area (TPSA) is 57.6 Å². The number of carbonyl (C=O) groups excluding carboxylic acids is 1. The van der Waals surface area contributed by atoms with Crippen molar-refractivity contribution in [3.63, 3.8) is 0 Å². The lowest BCUT2D eigenvalue weighted by Crippen LogP contribution is -2.52. The summed E-state index contributed by atoms with van der Waals surface area (Å²) in [5.74, 6) is -1.03. The smallest absolute Gasteiger partial charge is 0.334 e. The summed E-state index contributed by atoms with van der Waals surface area (Å²) in [5, 5.41) is 9.60. The lowest BCUT2D eigenvalue weighted by molar-refractivity contribution is -0.156. The lowest BCUT2D eigenvalue weighted by atomic mass is 9.87. The number of aryl methyl sites for hydroxylation is 2. The molecule has 4 nitrogen and oxygen atoms in total. The number of aliphatic carboxylic acids is 1. The Morgan fingerprint density at radius 2 is 1.89 bits per heavy atom. The van der Waals surface area contributed by atoms with E-state index < -0.39 is 11.5 Å². The molecular weight excluding hydrogens is 242 g/mol. The summed E-state index contributed by atoms with van der Waals surface area (Å²) in [6, 6.07) is 5.30. The van der Waals surface area contributed by atoms with Crippen LogP contribution in [0.3, 0.4) is 0 Å². The van der Waals surface area contributed by atoms with Crippen molar-refractivity contribution in [1.82, 2.24) is 4.90 Å². The van der Waals surface area contributed by atoms with Gasteiger partial charge in [0.05, 0.1) is 0 Å². The second-order valence-corrected chi connectivity index (χ2v) is 5.28. The summed E-state index contributed by atoms with van der Waals surface area (Å²) in [5.41, 5.74) is 1.37. The molecular formula is C15H21NO3. The highest BCUT2D eigenvalue weighted by molar-refractivity contribution is 5.83. The normalized spacial score (nSPS) is 14.0. The van der Waals surface area contributed by atoms with Crippen LogP contribution in [0.4, 0.5) is 0 Å². The van der Waals surface area contributed by atoms with Crippen LogP contribution in [0.1, 0.15) is 37.5 Å². The van der Waals surface area contributed by atoms with Crippen LogP contribution in [0.25, 0.3) is 0 Å². The second kappa shape index (κ2) is 5.43. The van der Waals surface area contributed by atoms with E-state index in [1.165, 1.54) is 4.90 Å². The standard InChI is InChI=1S/C15H21NO3/c1-10(2)16(9-17)15(5,14(18)19)13-7-6-11(3)12(4)8-13/h6-10H,1-5H3,(H,18,19). The van der Waals surface area contributed by atoms with Crippen LogP contribution in [0, 0.1) is 13.8 Å². The molecule has 0 aliphatic carbocycles. The first-order chi connectivity index (χ1) is 8.75.